The molecule has 1 heterocycles. The van der Waals surface area contributed by atoms with Crippen LogP contribution in [0.1, 0.15) is 18.4 Å². The molecule has 20 heavy (non-hydrogen) atoms. The van der Waals surface area contributed by atoms with E-state index in [1.54, 1.807) is 12.1 Å². The van der Waals surface area contributed by atoms with Crippen molar-refractivity contribution in [2.24, 2.45) is 5.73 Å². The van der Waals surface area contributed by atoms with Gasteiger partial charge in [0.15, 0.2) is 11.5 Å². The minimum absolute atomic E-state index is 0.172. The van der Waals surface area contributed by atoms with Gasteiger partial charge in [-0.1, -0.05) is 0 Å². The van der Waals surface area contributed by atoms with Gasteiger partial charge in [-0.15, -0.1) is 0 Å². The average molecular weight is 285 g/mol. The zero-order chi connectivity index (χ0) is 14.4. The Balaban J connectivity index is 2.02. The Hall–Kier alpha value is -1.56. The number of benzene rings is 1. The van der Waals surface area contributed by atoms with E-state index in [9.17, 15) is 8.78 Å². The summed E-state index contributed by atoms with van der Waals surface area (Å²) in [5.41, 5.74) is 5.77. The predicted octanol–water partition coefficient (Wildman–Crippen LogP) is 2.09. The molecule has 2 aliphatic rings. The molecule has 1 aromatic rings. The van der Waals surface area contributed by atoms with E-state index in [1.807, 2.05) is 0 Å². The van der Waals surface area contributed by atoms with Crippen LogP contribution < -0.4 is 19.9 Å². The van der Waals surface area contributed by atoms with Crippen LogP contribution in [0.25, 0.3) is 0 Å². The van der Waals surface area contributed by atoms with Crippen molar-refractivity contribution in [3.63, 3.8) is 0 Å². The number of rotatable bonds is 3. The zero-order valence-corrected chi connectivity index (χ0v) is 11.2. The summed E-state index contributed by atoms with van der Waals surface area (Å²) >= 11 is 0. The van der Waals surface area contributed by atoms with Crippen molar-refractivity contribution in [1.29, 1.82) is 0 Å². The SMILES string of the molecule is COc1cc(C2(CN)CC(F)(F)C2)cc2c1OCCO2. The van der Waals surface area contributed by atoms with Gasteiger partial charge in [0.2, 0.25) is 11.7 Å². The molecule has 0 atom stereocenters. The van der Waals surface area contributed by atoms with E-state index in [1.165, 1.54) is 7.11 Å². The first-order valence-corrected chi connectivity index (χ1v) is 6.56. The number of fused-ring (bicyclic) bond motifs is 1. The maximum absolute atomic E-state index is 13.3. The molecule has 1 aliphatic heterocycles. The number of alkyl halides is 2. The van der Waals surface area contributed by atoms with Crippen molar-refractivity contribution in [3.8, 4) is 17.2 Å². The third kappa shape index (κ3) is 1.98. The third-order valence-electron chi connectivity index (χ3n) is 4.03. The van der Waals surface area contributed by atoms with Crippen LogP contribution in [0.2, 0.25) is 0 Å². The molecule has 2 N–H and O–H groups in total. The van der Waals surface area contributed by atoms with Crippen molar-refractivity contribution >= 4 is 0 Å². The maximum Gasteiger partial charge on any atom is 0.250 e. The monoisotopic (exact) mass is 285 g/mol. The molecule has 6 heteroatoms. The largest absolute Gasteiger partial charge is 0.493 e. The fourth-order valence-corrected chi connectivity index (χ4v) is 2.98. The van der Waals surface area contributed by atoms with E-state index >= 15 is 0 Å². The summed E-state index contributed by atoms with van der Waals surface area (Å²) in [4.78, 5) is 0. The fraction of sp³-hybridized carbons (Fsp3) is 0.571. The Kier molecular flexibility index (Phi) is 3.01. The first-order valence-electron chi connectivity index (χ1n) is 6.56. The molecule has 3 rings (SSSR count). The van der Waals surface area contributed by atoms with Gasteiger partial charge < -0.3 is 19.9 Å². The Bertz CT molecular complexity index is 508. The number of methoxy groups -OCH3 is 1. The van der Waals surface area contributed by atoms with Crippen LogP contribution in [0.15, 0.2) is 12.1 Å². The molecule has 1 saturated carbocycles. The molecular weight excluding hydrogens is 268 g/mol. The second-order valence-corrected chi connectivity index (χ2v) is 5.40. The van der Waals surface area contributed by atoms with Crippen molar-refractivity contribution in [1.82, 2.24) is 0 Å². The van der Waals surface area contributed by atoms with Gasteiger partial charge in [-0.05, 0) is 17.7 Å². The summed E-state index contributed by atoms with van der Waals surface area (Å²) in [5, 5.41) is 0. The van der Waals surface area contributed by atoms with Crippen LogP contribution in [-0.4, -0.2) is 32.8 Å². The number of halogens is 2. The quantitative estimate of drug-likeness (QED) is 0.924. The topological polar surface area (TPSA) is 53.7 Å². The van der Waals surface area contributed by atoms with Crippen LogP contribution in [0.3, 0.4) is 0 Å². The normalized spacial score (nSPS) is 22.0. The van der Waals surface area contributed by atoms with Gasteiger partial charge >= 0.3 is 0 Å². The Labute approximate surface area is 115 Å². The van der Waals surface area contributed by atoms with Crippen LogP contribution in [0, 0.1) is 0 Å². The highest BCUT2D eigenvalue weighted by Gasteiger charge is 2.56. The van der Waals surface area contributed by atoms with Crippen LogP contribution in [0.4, 0.5) is 8.78 Å². The summed E-state index contributed by atoms with van der Waals surface area (Å²) in [5.74, 6) is -1.07. The summed E-state index contributed by atoms with van der Waals surface area (Å²) < 4.78 is 42.9. The number of hydrogen-bond donors (Lipinski definition) is 1. The molecule has 1 fully saturated rings. The average Bonchev–Trinajstić information content (AvgIpc) is 2.42. The lowest BCUT2D eigenvalue weighted by Gasteiger charge is -2.47. The van der Waals surface area contributed by atoms with Crippen LogP contribution >= 0.6 is 0 Å². The van der Waals surface area contributed by atoms with Crippen molar-refractivity contribution in [2.75, 3.05) is 26.9 Å². The van der Waals surface area contributed by atoms with E-state index < -0.39 is 11.3 Å². The maximum atomic E-state index is 13.3. The van der Waals surface area contributed by atoms with E-state index in [2.05, 4.69) is 0 Å². The Morgan fingerprint density at radius 1 is 1.25 bits per heavy atom. The van der Waals surface area contributed by atoms with Gasteiger partial charge in [0, 0.05) is 24.8 Å². The summed E-state index contributed by atoms with van der Waals surface area (Å²) in [7, 11) is 1.52. The van der Waals surface area contributed by atoms with Gasteiger partial charge in [0.1, 0.15) is 13.2 Å². The fourth-order valence-electron chi connectivity index (χ4n) is 2.98. The lowest BCUT2D eigenvalue weighted by atomic mass is 9.62. The minimum atomic E-state index is -2.64. The van der Waals surface area contributed by atoms with E-state index in [4.69, 9.17) is 19.9 Å². The Morgan fingerprint density at radius 2 is 1.95 bits per heavy atom. The minimum Gasteiger partial charge on any atom is -0.493 e. The molecule has 0 bridgehead atoms. The number of hydrogen-bond acceptors (Lipinski definition) is 4. The third-order valence-corrected chi connectivity index (χ3v) is 4.03. The highest BCUT2D eigenvalue weighted by atomic mass is 19.3. The molecule has 110 valence electrons. The molecule has 0 radical (unpaired) electrons. The van der Waals surface area contributed by atoms with Crippen LogP contribution in [-0.2, 0) is 5.41 Å². The molecule has 4 nitrogen and oxygen atoms in total. The highest BCUT2D eigenvalue weighted by molar-refractivity contribution is 5.56. The molecular formula is C14H17F2NO3. The zero-order valence-electron chi connectivity index (χ0n) is 11.2. The lowest BCUT2D eigenvalue weighted by molar-refractivity contribution is -0.123. The highest BCUT2D eigenvalue weighted by Crippen LogP contribution is 2.55. The molecule has 0 aromatic heterocycles. The van der Waals surface area contributed by atoms with Gasteiger partial charge in [-0.3, -0.25) is 0 Å². The van der Waals surface area contributed by atoms with Crippen LogP contribution in [0.5, 0.6) is 17.2 Å². The molecule has 0 saturated heterocycles. The molecule has 0 spiro atoms. The first kappa shape index (κ1) is 13.4. The second kappa shape index (κ2) is 4.48. The predicted molar refractivity (Wildman–Crippen MR) is 68.9 cm³/mol. The Morgan fingerprint density at radius 3 is 2.55 bits per heavy atom. The number of ether oxygens (including phenoxy) is 3. The lowest BCUT2D eigenvalue weighted by Crippen LogP contribution is -2.53. The van der Waals surface area contributed by atoms with Crippen molar-refractivity contribution < 1.29 is 23.0 Å². The van der Waals surface area contributed by atoms with Crippen molar-refractivity contribution in [3.05, 3.63) is 17.7 Å². The molecule has 0 amide bonds. The number of nitrogens with two attached hydrogens (primary N) is 1. The van der Waals surface area contributed by atoms with E-state index in [0.29, 0.717) is 30.5 Å². The molecule has 0 unspecified atom stereocenters. The standard InChI is InChI=1S/C14H17F2NO3/c1-18-10-4-9(5-11-12(10)20-3-2-19-11)13(8-17)6-14(15,16)7-13/h4-5H,2-3,6-8,17H2,1H3. The summed E-state index contributed by atoms with van der Waals surface area (Å²) in [6, 6.07) is 3.48. The molecule has 1 aliphatic carbocycles. The summed E-state index contributed by atoms with van der Waals surface area (Å²) in [6.07, 6.45) is -0.474. The van der Waals surface area contributed by atoms with Crippen molar-refractivity contribution in [2.45, 2.75) is 24.2 Å². The smallest absolute Gasteiger partial charge is 0.250 e. The molecule has 1 aromatic carbocycles. The van der Waals surface area contributed by atoms with Gasteiger partial charge in [0.05, 0.1) is 7.11 Å². The first-order chi connectivity index (χ1) is 9.50. The van der Waals surface area contributed by atoms with Gasteiger partial charge in [0.25, 0.3) is 0 Å². The van der Waals surface area contributed by atoms with Gasteiger partial charge in [-0.2, -0.15) is 0 Å². The van der Waals surface area contributed by atoms with Gasteiger partial charge in [-0.25, -0.2) is 8.78 Å². The van der Waals surface area contributed by atoms with E-state index in [-0.39, 0.29) is 19.4 Å². The second-order valence-electron chi connectivity index (χ2n) is 5.40. The van der Waals surface area contributed by atoms with E-state index in [0.717, 1.165) is 5.56 Å². The summed E-state index contributed by atoms with van der Waals surface area (Å²) in [6.45, 7) is 1.06.